The Morgan fingerprint density at radius 2 is 1.80 bits per heavy atom. The lowest BCUT2D eigenvalue weighted by Gasteiger charge is -2.11. The number of ether oxygens (including phenoxy) is 1. The van der Waals surface area contributed by atoms with Gasteiger partial charge < -0.3 is 10.5 Å². The summed E-state index contributed by atoms with van der Waals surface area (Å²) in [6, 6.07) is 11.3. The fraction of sp³-hybridized carbons (Fsp3) is 0.188. The maximum Gasteiger partial charge on any atom is 0.252 e. The minimum Gasteiger partial charge on any atom is -0.493 e. The van der Waals surface area contributed by atoms with Crippen molar-refractivity contribution >= 4 is 5.91 Å². The number of benzene rings is 2. The van der Waals surface area contributed by atoms with Crippen molar-refractivity contribution < 1.29 is 13.9 Å². The molecule has 0 bridgehead atoms. The van der Waals surface area contributed by atoms with Crippen LogP contribution in [0.1, 0.15) is 23.7 Å². The fourth-order valence-electron chi connectivity index (χ4n) is 1.88. The molecule has 0 spiro atoms. The third kappa shape index (κ3) is 3.15. The minimum atomic E-state index is -0.542. The summed E-state index contributed by atoms with van der Waals surface area (Å²) in [4.78, 5) is 11.5. The molecule has 104 valence electrons. The van der Waals surface area contributed by atoms with E-state index in [0.29, 0.717) is 17.9 Å². The van der Waals surface area contributed by atoms with Gasteiger partial charge in [-0.05, 0) is 41.8 Å². The van der Waals surface area contributed by atoms with Gasteiger partial charge >= 0.3 is 0 Å². The van der Waals surface area contributed by atoms with Crippen LogP contribution in [0.25, 0.3) is 11.1 Å². The van der Waals surface area contributed by atoms with E-state index in [0.717, 1.165) is 17.5 Å². The van der Waals surface area contributed by atoms with E-state index in [2.05, 4.69) is 0 Å². The van der Waals surface area contributed by atoms with Gasteiger partial charge in [-0.3, -0.25) is 4.79 Å². The molecule has 0 heterocycles. The zero-order valence-corrected chi connectivity index (χ0v) is 11.2. The molecule has 2 N–H and O–H groups in total. The molecule has 0 aliphatic carbocycles. The molecule has 0 unspecified atom stereocenters. The Kier molecular flexibility index (Phi) is 4.35. The van der Waals surface area contributed by atoms with Crippen LogP contribution in [-0.2, 0) is 0 Å². The van der Waals surface area contributed by atoms with Gasteiger partial charge in [0.15, 0.2) is 0 Å². The predicted octanol–water partition coefficient (Wildman–Crippen LogP) is 3.38. The third-order valence-corrected chi connectivity index (χ3v) is 2.88. The second kappa shape index (κ2) is 6.19. The van der Waals surface area contributed by atoms with Crippen LogP contribution in [0.3, 0.4) is 0 Å². The molecular formula is C16H16FNO2. The van der Waals surface area contributed by atoms with Gasteiger partial charge in [0.2, 0.25) is 0 Å². The van der Waals surface area contributed by atoms with Crippen LogP contribution in [0, 0.1) is 5.82 Å². The highest BCUT2D eigenvalue weighted by atomic mass is 19.1. The topological polar surface area (TPSA) is 52.3 Å². The van der Waals surface area contributed by atoms with Crippen LogP contribution in [0.4, 0.5) is 4.39 Å². The molecule has 0 aromatic heterocycles. The summed E-state index contributed by atoms with van der Waals surface area (Å²) < 4.78 is 18.4. The molecule has 3 nitrogen and oxygen atoms in total. The van der Waals surface area contributed by atoms with Crippen molar-refractivity contribution in [2.45, 2.75) is 13.3 Å². The molecule has 0 radical (unpaired) electrons. The largest absolute Gasteiger partial charge is 0.493 e. The molecule has 0 saturated heterocycles. The Hall–Kier alpha value is -2.36. The van der Waals surface area contributed by atoms with Crippen LogP contribution in [0.2, 0.25) is 0 Å². The summed E-state index contributed by atoms with van der Waals surface area (Å²) in [6.07, 6.45) is 0.845. The van der Waals surface area contributed by atoms with Gasteiger partial charge in [0.25, 0.3) is 5.91 Å². The first-order valence-corrected chi connectivity index (χ1v) is 6.44. The van der Waals surface area contributed by atoms with Gasteiger partial charge in [-0.25, -0.2) is 4.39 Å². The highest BCUT2D eigenvalue weighted by Gasteiger charge is 2.11. The highest BCUT2D eigenvalue weighted by molar-refractivity contribution is 5.97. The maximum absolute atomic E-state index is 12.9. The van der Waals surface area contributed by atoms with Crippen LogP contribution in [0.15, 0.2) is 42.5 Å². The van der Waals surface area contributed by atoms with Gasteiger partial charge in [-0.15, -0.1) is 0 Å². The summed E-state index contributed by atoms with van der Waals surface area (Å²) >= 11 is 0. The van der Waals surface area contributed by atoms with Crippen molar-refractivity contribution in [2.75, 3.05) is 6.61 Å². The first-order valence-electron chi connectivity index (χ1n) is 6.44. The van der Waals surface area contributed by atoms with E-state index in [1.54, 1.807) is 24.3 Å². The highest BCUT2D eigenvalue weighted by Crippen LogP contribution is 2.27. The molecular weight excluding hydrogens is 257 g/mol. The lowest BCUT2D eigenvalue weighted by molar-refractivity contribution is 0.0996. The zero-order valence-electron chi connectivity index (χ0n) is 11.2. The first-order chi connectivity index (χ1) is 9.61. The van der Waals surface area contributed by atoms with E-state index in [4.69, 9.17) is 10.5 Å². The lowest BCUT2D eigenvalue weighted by Crippen LogP contribution is -2.13. The Morgan fingerprint density at radius 1 is 1.15 bits per heavy atom. The monoisotopic (exact) mass is 273 g/mol. The zero-order chi connectivity index (χ0) is 14.5. The molecule has 1 amide bonds. The van der Waals surface area contributed by atoms with Crippen LogP contribution < -0.4 is 10.5 Å². The minimum absolute atomic E-state index is 0.299. The van der Waals surface area contributed by atoms with Gasteiger partial charge in [-0.2, -0.15) is 0 Å². The second-order valence-electron chi connectivity index (χ2n) is 4.43. The Bertz CT molecular complexity index is 608. The SMILES string of the molecule is CCCOc1ccc(-c2ccc(F)cc2)cc1C(N)=O. The number of rotatable bonds is 5. The summed E-state index contributed by atoms with van der Waals surface area (Å²) in [6.45, 7) is 2.51. The number of primary amides is 1. The quantitative estimate of drug-likeness (QED) is 0.908. The molecule has 0 aliphatic rings. The van der Waals surface area contributed by atoms with E-state index in [1.807, 2.05) is 13.0 Å². The number of amides is 1. The van der Waals surface area contributed by atoms with Gasteiger partial charge in [0.1, 0.15) is 11.6 Å². The third-order valence-electron chi connectivity index (χ3n) is 2.88. The van der Waals surface area contributed by atoms with Crippen LogP contribution >= 0.6 is 0 Å². The fourth-order valence-corrected chi connectivity index (χ4v) is 1.88. The van der Waals surface area contributed by atoms with Crippen LogP contribution in [0.5, 0.6) is 5.75 Å². The molecule has 2 rings (SSSR count). The Morgan fingerprint density at radius 3 is 2.40 bits per heavy atom. The lowest BCUT2D eigenvalue weighted by atomic mass is 10.0. The van der Waals surface area contributed by atoms with Crippen molar-refractivity contribution in [3.05, 3.63) is 53.8 Å². The molecule has 20 heavy (non-hydrogen) atoms. The smallest absolute Gasteiger partial charge is 0.252 e. The van der Waals surface area contributed by atoms with E-state index >= 15 is 0 Å². The van der Waals surface area contributed by atoms with Gasteiger partial charge in [-0.1, -0.05) is 25.1 Å². The first kappa shape index (κ1) is 14.1. The molecule has 0 atom stereocenters. The second-order valence-corrected chi connectivity index (χ2v) is 4.43. The van der Waals surface area contributed by atoms with E-state index in [9.17, 15) is 9.18 Å². The summed E-state index contributed by atoms with van der Waals surface area (Å²) in [5.41, 5.74) is 7.32. The van der Waals surface area contributed by atoms with Gasteiger partial charge in [0.05, 0.1) is 12.2 Å². The summed E-state index contributed by atoms with van der Waals surface area (Å²) in [7, 11) is 0. The molecule has 2 aromatic rings. The van der Waals surface area contributed by atoms with E-state index in [-0.39, 0.29) is 5.82 Å². The van der Waals surface area contributed by atoms with Crippen molar-refractivity contribution in [1.82, 2.24) is 0 Å². The standard InChI is InChI=1S/C16H16FNO2/c1-2-9-20-15-8-5-12(10-14(15)16(18)19)11-3-6-13(17)7-4-11/h3-8,10H,2,9H2,1H3,(H2,18,19). The van der Waals surface area contributed by atoms with Gasteiger partial charge in [0, 0.05) is 0 Å². The van der Waals surface area contributed by atoms with Crippen LogP contribution in [-0.4, -0.2) is 12.5 Å². The molecule has 4 heteroatoms. The van der Waals surface area contributed by atoms with Crippen molar-refractivity contribution in [3.63, 3.8) is 0 Å². The van der Waals surface area contributed by atoms with Crippen molar-refractivity contribution in [3.8, 4) is 16.9 Å². The number of hydrogen-bond donors (Lipinski definition) is 1. The average molecular weight is 273 g/mol. The Labute approximate surface area is 117 Å². The molecule has 0 saturated carbocycles. The summed E-state index contributed by atoms with van der Waals surface area (Å²) in [5.74, 6) is -0.364. The normalized spacial score (nSPS) is 10.3. The van der Waals surface area contributed by atoms with E-state index < -0.39 is 5.91 Å². The number of halogens is 1. The maximum atomic E-state index is 12.9. The molecule has 0 fully saturated rings. The number of nitrogens with two attached hydrogens (primary N) is 1. The summed E-state index contributed by atoms with van der Waals surface area (Å²) in [5, 5.41) is 0. The predicted molar refractivity (Wildman–Crippen MR) is 76.1 cm³/mol. The average Bonchev–Trinajstić information content (AvgIpc) is 2.45. The molecule has 2 aromatic carbocycles. The van der Waals surface area contributed by atoms with E-state index in [1.165, 1.54) is 12.1 Å². The number of carbonyl (C=O) groups is 1. The number of carbonyl (C=O) groups excluding carboxylic acids is 1. The Balaban J connectivity index is 2.39. The molecule has 0 aliphatic heterocycles. The van der Waals surface area contributed by atoms with Crippen molar-refractivity contribution in [1.29, 1.82) is 0 Å². The van der Waals surface area contributed by atoms with Crippen molar-refractivity contribution in [2.24, 2.45) is 5.73 Å². The number of hydrogen-bond acceptors (Lipinski definition) is 2.